The van der Waals surface area contributed by atoms with E-state index in [1.807, 2.05) is 0 Å². The summed E-state index contributed by atoms with van der Waals surface area (Å²) in [6.07, 6.45) is 4.61. The molecule has 5 rings (SSSR count). The minimum atomic E-state index is -0.437. The summed E-state index contributed by atoms with van der Waals surface area (Å²) in [6, 6.07) is 6.08. The number of hydrogen-bond donors (Lipinski definition) is 0. The van der Waals surface area contributed by atoms with Crippen LogP contribution >= 0.6 is 11.8 Å². The van der Waals surface area contributed by atoms with E-state index in [1.165, 1.54) is 23.9 Å². The molecule has 0 N–H and O–H groups in total. The smallest absolute Gasteiger partial charge is 0.269 e. The second kappa shape index (κ2) is 10.1. The average Bonchev–Trinajstić information content (AvgIpc) is 3.61. The van der Waals surface area contributed by atoms with Gasteiger partial charge in [-0.1, -0.05) is 23.8 Å². The molecular weight excluding hydrogens is 458 g/mol. The molecule has 2 saturated heterocycles. The second-order valence-corrected chi connectivity index (χ2v) is 9.74. The van der Waals surface area contributed by atoms with Gasteiger partial charge in [0.2, 0.25) is 17.7 Å². The van der Waals surface area contributed by atoms with Crippen molar-refractivity contribution >= 4 is 23.4 Å². The Morgan fingerprint density at radius 2 is 1.97 bits per heavy atom. The molecule has 0 bridgehead atoms. The zero-order valence-corrected chi connectivity index (χ0v) is 19.8. The highest BCUT2D eigenvalue weighted by Gasteiger charge is 2.26. The first-order valence-electron chi connectivity index (χ1n) is 11.6. The monoisotopic (exact) mass is 485 g/mol. The summed E-state index contributed by atoms with van der Waals surface area (Å²) in [4.78, 5) is 17.2. The number of nitro groups is 1. The first-order valence-corrected chi connectivity index (χ1v) is 12.6. The Labute approximate surface area is 201 Å². The minimum absolute atomic E-state index is 0.0209. The minimum Gasteiger partial charge on any atom is -0.376 e. The van der Waals surface area contributed by atoms with Crippen LogP contribution < -0.4 is 4.90 Å². The molecule has 1 aromatic carbocycles. The molecule has 2 fully saturated rings. The molecule has 4 heterocycles. The molecule has 0 aliphatic carbocycles. The number of thioether (sulfide) groups is 1. The van der Waals surface area contributed by atoms with Crippen molar-refractivity contribution in [1.82, 2.24) is 24.9 Å². The molecule has 11 nitrogen and oxygen atoms in total. The zero-order chi connectivity index (χ0) is 23.5. The van der Waals surface area contributed by atoms with Gasteiger partial charge in [0, 0.05) is 37.4 Å². The van der Waals surface area contributed by atoms with Crippen molar-refractivity contribution in [3.63, 3.8) is 0 Å². The summed E-state index contributed by atoms with van der Waals surface area (Å²) < 4.78 is 13.5. The number of nitro benzene ring substituents is 1. The quantitative estimate of drug-likeness (QED) is 0.263. The number of benzene rings is 1. The van der Waals surface area contributed by atoms with Gasteiger partial charge in [-0.25, -0.2) is 0 Å². The van der Waals surface area contributed by atoms with Gasteiger partial charge >= 0.3 is 0 Å². The van der Waals surface area contributed by atoms with Crippen LogP contribution in [0.25, 0.3) is 11.4 Å². The maximum absolute atomic E-state index is 10.9. The Morgan fingerprint density at radius 3 is 2.68 bits per heavy atom. The van der Waals surface area contributed by atoms with E-state index >= 15 is 0 Å². The number of rotatable bonds is 8. The molecule has 2 aliphatic rings. The van der Waals surface area contributed by atoms with Crippen LogP contribution in [0.4, 0.5) is 11.6 Å². The number of non-ortho nitro benzene ring substituents is 1. The Balaban J connectivity index is 1.29. The fraction of sp³-hybridized carbons (Fsp3) is 0.545. The summed E-state index contributed by atoms with van der Waals surface area (Å²) in [6.45, 7) is 5.80. The fourth-order valence-corrected chi connectivity index (χ4v) is 5.05. The molecule has 0 amide bonds. The number of aromatic nitrogens is 5. The molecule has 0 saturated carbocycles. The van der Waals surface area contributed by atoms with E-state index in [9.17, 15) is 10.1 Å². The maximum atomic E-state index is 10.9. The first kappa shape index (κ1) is 22.8. The van der Waals surface area contributed by atoms with E-state index in [-0.39, 0.29) is 11.8 Å². The predicted molar refractivity (Wildman–Crippen MR) is 126 cm³/mol. The number of hydrogen-bond acceptors (Lipinski definition) is 10. The lowest BCUT2D eigenvalue weighted by Crippen LogP contribution is -2.35. The highest BCUT2D eigenvalue weighted by molar-refractivity contribution is 7.98. The van der Waals surface area contributed by atoms with Crippen molar-refractivity contribution < 1.29 is 14.2 Å². The molecule has 180 valence electrons. The van der Waals surface area contributed by atoms with E-state index in [0.29, 0.717) is 23.0 Å². The summed E-state index contributed by atoms with van der Waals surface area (Å²) in [7, 11) is 0. The highest BCUT2D eigenvalue weighted by Crippen LogP contribution is 2.30. The second-order valence-electron chi connectivity index (χ2n) is 8.80. The lowest BCUT2D eigenvalue weighted by molar-refractivity contribution is -0.384. The van der Waals surface area contributed by atoms with Gasteiger partial charge in [0.1, 0.15) is 0 Å². The summed E-state index contributed by atoms with van der Waals surface area (Å²) >= 11 is 1.51. The first-order chi connectivity index (χ1) is 16.6. The van der Waals surface area contributed by atoms with Crippen LogP contribution in [0.2, 0.25) is 0 Å². The van der Waals surface area contributed by atoms with Crippen LogP contribution in [0.5, 0.6) is 0 Å². The Kier molecular flexibility index (Phi) is 6.77. The summed E-state index contributed by atoms with van der Waals surface area (Å²) in [5.74, 6) is 2.94. The van der Waals surface area contributed by atoms with E-state index in [0.717, 1.165) is 68.9 Å². The van der Waals surface area contributed by atoms with Crippen molar-refractivity contribution in [3.05, 3.63) is 40.3 Å². The van der Waals surface area contributed by atoms with Gasteiger partial charge in [0.25, 0.3) is 5.69 Å². The van der Waals surface area contributed by atoms with Gasteiger partial charge in [-0.05, 0) is 43.7 Å². The lowest BCUT2D eigenvalue weighted by Gasteiger charge is -2.31. The van der Waals surface area contributed by atoms with Gasteiger partial charge in [-0.15, -0.1) is 10.2 Å². The van der Waals surface area contributed by atoms with Crippen LogP contribution in [0.15, 0.2) is 33.9 Å². The molecular formula is C22H27N7O4S. The topological polar surface area (TPSA) is 125 Å². The molecule has 1 atom stereocenters. The van der Waals surface area contributed by atoms with Crippen molar-refractivity contribution in [2.45, 2.75) is 56.2 Å². The van der Waals surface area contributed by atoms with Crippen LogP contribution in [-0.2, 0) is 17.0 Å². The van der Waals surface area contributed by atoms with Crippen LogP contribution in [0, 0.1) is 16.0 Å². The summed E-state index contributed by atoms with van der Waals surface area (Å²) in [5, 5.41) is 24.7. The molecule has 1 unspecified atom stereocenters. The van der Waals surface area contributed by atoms with Gasteiger partial charge in [0.15, 0.2) is 5.16 Å². The standard InChI is InChI=1S/C22H27N7O4S/c1-15-8-10-27(11-9-15)21-24-25-22(28(21)13-18-3-2-12-32-18)34-14-19-23-20(26-33-19)16-4-6-17(7-5-16)29(30)31/h4-7,15,18H,2-3,8-14H2,1H3. The van der Waals surface area contributed by atoms with Crippen LogP contribution in [0.1, 0.15) is 38.5 Å². The highest BCUT2D eigenvalue weighted by atomic mass is 32.2. The average molecular weight is 486 g/mol. The van der Waals surface area contributed by atoms with Gasteiger partial charge in [0.05, 0.1) is 23.3 Å². The lowest BCUT2D eigenvalue weighted by atomic mass is 10.00. The number of ether oxygens (including phenoxy) is 1. The Bertz CT molecular complexity index is 1120. The van der Waals surface area contributed by atoms with Crippen molar-refractivity contribution in [2.24, 2.45) is 5.92 Å². The van der Waals surface area contributed by atoms with Crippen molar-refractivity contribution in [1.29, 1.82) is 0 Å². The van der Waals surface area contributed by atoms with Gasteiger partial charge in [-0.2, -0.15) is 4.98 Å². The number of nitrogens with zero attached hydrogens (tertiary/aromatic N) is 7. The van der Waals surface area contributed by atoms with E-state index in [1.54, 1.807) is 12.1 Å². The Hall–Kier alpha value is -2.99. The van der Waals surface area contributed by atoms with E-state index in [2.05, 4.69) is 36.7 Å². The molecule has 2 aromatic heterocycles. The van der Waals surface area contributed by atoms with Gasteiger partial charge < -0.3 is 14.2 Å². The van der Waals surface area contributed by atoms with Crippen molar-refractivity contribution in [2.75, 3.05) is 24.6 Å². The normalized spacial score (nSPS) is 19.1. The largest absolute Gasteiger partial charge is 0.376 e. The molecule has 3 aromatic rings. The molecule has 34 heavy (non-hydrogen) atoms. The fourth-order valence-electron chi connectivity index (χ4n) is 4.27. The number of piperidine rings is 1. The zero-order valence-electron chi connectivity index (χ0n) is 19.0. The van der Waals surface area contributed by atoms with Gasteiger partial charge in [-0.3, -0.25) is 14.7 Å². The van der Waals surface area contributed by atoms with E-state index in [4.69, 9.17) is 9.26 Å². The molecule has 2 aliphatic heterocycles. The number of anilines is 1. The third-order valence-corrected chi connectivity index (χ3v) is 7.25. The maximum Gasteiger partial charge on any atom is 0.269 e. The third kappa shape index (κ3) is 5.07. The summed E-state index contributed by atoms with van der Waals surface area (Å²) in [5.41, 5.74) is 0.682. The third-order valence-electron chi connectivity index (χ3n) is 6.30. The molecule has 0 radical (unpaired) electrons. The predicted octanol–water partition coefficient (Wildman–Crippen LogP) is 3.94. The van der Waals surface area contributed by atoms with Crippen LogP contribution in [0.3, 0.4) is 0 Å². The molecule has 0 spiro atoms. The molecule has 12 heteroatoms. The van der Waals surface area contributed by atoms with Crippen LogP contribution in [-0.4, -0.2) is 55.6 Å². The van der Waals surface area contributed by atoms with Crippen molar-refractivity contribution in [3.8, 4) is 11.4 Å². The van der Waals surface area contributed by atoms with E-state index < -0.39 is 4.92 Å². The SMILES string of the molecule is CC1CCN(c2nnc(SCc3nc(-c4ccc([N+](=O)[O-])cc4)no3)n2CC2CCCO2)CC1. The Morgan fingerprint density at radius 1 is 1.18 bits per heavy atom.